The van der Waals surface area contributed by atoms with E-state index < -0.39 is 50.5 Å². The summed E-state index contributed by atoms with van der Waals surface area (Å²) in [4.78, 5) is 53.3. The number of fused-ring (bicyclic) bond motifs is 2. The number of aromatic amines is 1. The Morgan fingerprint density at radius 2 is 1.78 bits per heavy atom. The van der Waals surface area contributed by atoms with Crippen molar-refractivity contribution in [3.63, 3.8) is 0 Å². The van der Waals surface area contributed by atoms with E-state index in [0.717, 1.165) is 11.1 Å². The maximum atomic E-state index is 12.2. The first-order valence-electron chi connectivity index (χ1n) is 9.01. The van der Waals surface area contributed by atoms with Crippen LogP contribution < -0.4 is 45.7 Å². The van der Waals surface area contributed by atoms with Crippen LogP contribution in [0.4, 0.5) is 0 Å². The minimum Gasteiger partial charge on any atom is -0.756 e. The van der Waals surface area contributed by atoms with Crippen LogP contribution in [-0.2, 0) is 15.6 Å². The van der Waals surface area contributed by atoms with Crippen LogP contribution in [0.1, 0.15) is 11.1 Å². The van der Waals surface area contributed by atoms with Crippen LogP contribution in [0.15, 0.2) is 21.7 Å². The van der Waals surface area contributed by atoms with Crippen molar-refractivity contribution in [2.24, 2.45) is 0 Å². The first kappa shape index (κ1) is 26.7. The number of aliphatic hydroxyl groups is 3. The smallest absolute Gasteiger partial charge is 0.756 e. The van der Waals surface area contributed by atoms with E-state index in [1.807, 2.05) is 18.8 Å². The van der Waals surface area contributed by atoms with Crippen LogP contribution in [0.5, 0.6) is 0 Å². The predicted octanol–water partition coefficient (Wildman–Crippen LogP) is -5.23. The fourth-order valence-corrected chi connectivity index (χ4v) is 3.40. The third kappa shape index (κ3) is 5.88. The van der Waals surface area contributed by atoms with Gasteiger partial charge in [-0.1, -0.05) is 0 Å². The van der Waals surface area contributed by atoms with Crippen molar-refractivity contribution >= 4 is 18.9 Å². The molecule has 0 fully saturated rings. The Kier molecular flexibility index (Phi) is 8.51. The second kappa shape index (κ2) is 10.2. The van der Waals surface area contributed by atoms with Crippen LogP contribution >= 0.6 is 7.82 Å². The molecule has 0 amide bonds. The van der Waals surface area contributed by atoms with Gasteiger partial charge in [0, 0.05) is 0 Å². The van der Waals surface area contributed by atoms with E-state index in [9.17, 15) is 34.4 Å². The van der Waals surface area contributed by atoms with Gasteiger partial charge in [-0.15, -0.1) is 0 Å². The number of aliphatic hydroxyl groups excluding tert-OH is 3. The van der Waals surface area contributed by atoms with Crippen molar-refractivity contribution in [3.8, 4) is 11.5 Å². The average Bonchev–Trinajstić information content (AvgIpc) is 2.67. The molecule has 1 aromatic rings. The number of phosphoric ester groups is 1. The molecule has 4 atom stereocenters. The molecule has 0 spiro atoms. The molecular formula is C17H20N4NaO9P. The second-order valence-corrected chi connectivity index (χ2v) is 8.28. The van der Waals surface area contributed by atoms with E-state index in [-0.39, 0.29) is 41.1 Å². The second-order valence-electron chi connectivity index (χ2n) is 7.08. The van der Waals surface area contributed by atoms with E-state index in [4.69, 9.17) is 4.89 Å². The Morgan fingerprint density at radius 1 is 1.16 bits per heavy atom. The zero-order valence-electron chi connectivity index (χ0n) is 17.4. The van der Waals surface area contributed by atoms with Gasteiger partial charge in [-0.25, -0.2) is 9.78 Å². The number of nitrogens with one attached hydrogen (secondary N) is 1. The molecule has 0 saturated heterocycles. The van der Waals surface area contributed by atoms with Crippen molar-refractivity contribution in [1.29, 1.82) is 0 Å². The van der Waals surface area contributed by atoms with Gasteiger partial charge < -0.3 is 34.2 Å². The minimum absolute atomic E-state index is 0. The molecule has 0 aromatic heterocycles. The number of H-pyrrole nitrogens is 1. The molecule has 0 saturated carbocycles. The van der Waals surface area contributed by atoms with Crippen molar-refractivity contribution in [3.05, 3.63) is 44.1 Å². The molecule has 1 unspecified atom stereocenters. The fraction of sp³-hybridized carbons (Fsp3) is 0.412. The SMILES string of the molecule is Cc1cc2n[13c]3[13c](=O)[15nH][13c](=O)[15n][13c]-3n(C[C@H](O)[C@H](O)[C@H](O)COP(=O)([O-])O)c2cc1C.[Na+]. The van der Waals surface area contributed by atoms with Gasteiger partial charge in [-0.2, -0.15) is 4.98 Å². The number of hydrogen-bond donors (Lipinski definition) is 5. The summed E-state index contributed by atoms with van der Waals surface area (Å²) >= 11 is 0. The number of aromatic nitrogens is 4. The van der Waals surface area contributed by atoms with Gasteiger partial charge in [0.25, 0.3) is 13.4 Å². The summed E-state index contributed by atoms with van der Waals surface area (Å²) in [6, 6.07) is 3.40. The van der Waals surface area contributed by atoms with Gasteiger partial charge in [-0.3, -0.25) is 14.3 Å². The molecule has 3 rings (SSSR count). The van der Waals surface area contributed by atoms with E-state index in [1.54, 1.807) is 12.1 Å². The maximum absolute atomic E-state index is 12.2. The van der Waals surface area contributed by atoms with Gasteiger partial charge in [0.05, 0.1) is 24.2 Å². The first-order valence-corrected chi connectivity index (χ1v) is 10.5. The Hall–Kier alpha value is -1.51. The van der Waals surface area contributed by atoms with Gasteiger partial charge in [0.15, 0.2) is 11.5 Å². The number of hydrogen-bond acceptors (Lipinski definition) is 10. The molecule has 2 heterocycles. The molecular weight excluding hydrogens is 464 g/mol. The number of rotatable bonds is 7. The standard InChI is InChI=1S/C17H21N4O9P.Na/c1-7-3-9-10(4-8(7)2)21(15-13(18-9)16(25)20-17(26)19-15)5-11(22)14(24)12(23)6-30-31(27,28)29;/h3-4,11-12,14,22-24H,5-6H2,1-2H3,(H,20,25,26)(H2,27,28,29);/q;+1/p-1/t11-,12+,14-;/m0./s1/i13+1,15+1,16+1,17+1,19+1,20+1;. The topological polar surface area (TPSA) is 211 Å². The third-order valence-electron chi connectivity index (χ3n) is 4.79. The summed E-state index contributed by atoms with van der Waals surface area (Å²) in [5.41, 5.74) is 0.565. The van der Waals surface area contributed by atoms with Gasteiger partial charge in [-0.05, 0) is 37.1 Å². The quantitative estimate of drug-likeness (QED) is 0.121. The molecule has 168 valence electrons. The Labute approximate surface area is 202 Å². The van der Waals surface area contributed by atoms with E-state index in [1.165, 1.54) is 4.57 Å². The summed E-state index contributed by atoms with van der Waals surface area (Å²) in [6.07, 6.45) is -5.49. The van der Waals surface area contributed by atoms with Crippen molar-refractivity contribution in [2.75, 3.05) is 6.61 Å². The molecule has 2 aliphatic rings. The normalized spacial score (nSPS) is 16.3. The number of aryl methyl sites for hydroxylation is 2. The summed E-state index contributed by atoms with van der Waals surface area (Å²) in [7, 11) is -5.14. The monoisotopic (exact) mass is 484 g/mol. The maximum Gasteiger partial charge on any atom is 1.00 e. The third-order valence-corrected chi connectivity index (χ3v) is 5.27. The average molecular weight is 484 g/mol. The molecule has 15 heteroatoms. The molecule has 0 bridgehead atoms. The summed E-state index contributed by atoms with van der Waals surface area (Å²) in [6.45, 7) is 2.20. The van der Waals surface area contributed by atoms with Crippen LogP contribution in [0.2, 0.25) is 0 Å². The molecule has 13 nitrogen and oxygen atoms in total. The Bertz CT molecular complexity index is 1260. The zero-order chi connectivity index (χ0) is 23.1. The first-order chi connectivity index (χ1) is 14.4. The van der Waals surface area contributed by atoms with E-state index in [0.29, 0.717) is 11.0 Å². The molecule has 5 N–H and O–H groups in total. The van der Waals surface area contributed by atoms with E-state index in [2.05, 4.69) is 14.5 Å². The molecule has 0 aliphatic carbocycles. The fourth-order valence-electron chi connectivity index (χ4n) is 3.06. The summed E-state index contributed by atoms with van der Waals surface area (Å²) < 4.78 is 16.0. The van der Waals surface area contributed by atoms with Crippen LogP contribution in [0, 0.1) is 13.8 Å². The van der Waals surface area contributed by atoms with Crippen LogP contribution in [0.25, 0.3) is 22.6 Å². The molecule has 0 radical (unpaired) electrons. The zero-order valence-corrected chi connectivity index (χ0v) is 20.3. The Balaban J connectivity index is 0.00000363. The molecule has 32 heavy (non-hydrogen) atoms. The van der Waals surface area contributed by atoms with E-state index >= 15 is 0 Å². The minimum atomic E-state index is -5.14. The summed E-state index contributed by atoms with van der Waals surface area (Å²) in [5, 5.41) is 30.5. The van der Waals surface area contributed by atoms with Crippen molar-refractivity contribution in [1.82, 2.24) is 19.5 Å². The Morgan fingerprint density at radius 3 is 2.41 bits per heavy atom. The number of phosphoric acid groups is 1. The number of nitrogens with zero attached hydrogens (tertiary/aromatic N) is 3. The molecule has 2 aliphatic heterocycles. The van der Waals surface area contributed by atoms with Crippen LogP contribution in [-0.4, -0.2) is 64.7 Å². The van der Waals surface area contributed by atoms with Crippen molar-refractivity contribution in [2.45, 2.75) is 38.7 Å². The number of benzene rings is 1. The van der Waals surface area contributed by atoms with Crippen molar-refractivity contribution < 1.29 is 63.8 Å². The molecule has 1 aromatic carbocycles. The van der Waals surface area contributed by atoms with Crippen LogP contribution in [0.3, 0.4) is 0 Å². The summed E-state index contributed by atoms with van der Waals surface area (Å²) in [5.74, 6) is -0.152. The van der Waals surface area contributed by atoms with Gasteiger partial charge in [0.1, 0.15) is 18.3 Å². The van der Waals surface area contributed by atoms with Gasteiger partial charge >= 0.3 is 35.2 Å². The largest absolute Gasteiger partial charge is 1.00 e. The van der Waals surface area contributed by atoms with Gasteiger partial charge in [0.2, 0.25) is 0 Å². The predicted molar refractivity (Wildman–Crippen MR) is 104 cm³/mol.